The van der Waals surface area contributed by atoms with Crippen LogP contribution in [0.5, 0.6) is 0 Å². The Kier molecular flexibility index (Phi) is 4.77. The van der Waals surface area contributed by atoms with E-state index in [9.17, 15) is 0 Å². The molecule has 0 saturated heterocycles. The number of hydrogen-bond donors (Lipinski definition) is 0. The zero-order chi connectivity index (χ0) is 12.2. The predicted molar refractivity (Wildman–Crippen MR) is 89.4 cm³/mol. The fraction of sp³-hybridized carbons (Fsp3) is 0. The van der Waals surface area contributed by atoms with Gasteiger partial charge in [0.05, 0.1) is 0 Å². The molecule has 0 atom stereocenters. The summed E-state index contributed by atoms with van der Waals surface area (Å²) in [6.07, 6.45) is 0. The third-order valence-electron chi connectivity index (χ3n) is 2.72. The highest BCUT2D eigenvalue weighted by atomic mass is 32.1. The molecule has 0 amide bonds. The van der Waals surface area contributed by atoms with Crippen LogP contribution < -0.4 is 0 Å². The minimum Gasteiger partial charge on any atom is -0.144 e. The highest BCUT2D eigenvalue weighted by Crippen LogP contribution is 2.19. The molecule has 0 N–H and O–H groups in total. The SMILES string of the molecule is [B].c1ccc2sccc2c1.c1ccc2sccc2c1. The first-order chi connectivity index (χ1) is 8.93. The van der Waals surface area contributed by atoms with Gasteiger partial charge in [-0.15, -0.1) is 22.7 Å². The second-order valence-electron chi connectivity index (χ2n) is 3.92. The van der Waals surface area contributed by atoms with Gasteiger partial charge in [0.1, 0.15) is 0 Å². The Labute approximate surface area is 122 Å². The molecule has 3 radical (unpaired) electrons. The van der Waals surface area contributed by atoms with E-state index in [0.29, 0.717) is 0 Å². The Morgan fingerprint density at radius 1 is 0.526 bits per heavy atom. The maximum atomic E-state index is 2.14. The molecule has 2 aromatic heterocycles. The van der Waals surface area contributed by atoms with E-state index in [0.717, 1.165) is 0 Å². The molecule has 91 valence electrons. The summed E-state index contributed by atoms with van der Waals surface area (Å²) in [5.41, 5.74) is 0. The summed E-state index contributed by atoms with van der Waals surface area (Å²) < 4.78 is 2.75. The second-order valence-corrected chi connectivity index (χ2v) is 5.81. The Morgan fingerprint density at radius 3 is 1.37 bits per heavy atom. The van der Waals surface area contributed by atoms with E-state index in [2.05, 4.69) is 71.4 Å². The number of hydrogen-bond acceptors (Lipinski definition) is 2. The van der Waals surface area contributed by atoms with Gasteiger partial charge in [0.25, 0.3) is 0 Å². The quantitative estimate of drug-likeness (QED) is 0.377. The van der Waals surface area contributed by atoms with Crippen LogP contribution >= 0.6 is 22.7 Å². The smallest absolute Gasteiger partial charge is 0.0342 e. The van der Waals surface area contributed by atoms with E-state index in [1.165, 1.54) is 20.2 Å². The number of fused-ring (bicyclic) bond motifs is 2. The molecule has 0 bridgehead atoms. The van der Waals surface area contributed by atoms with Crippen molar-refractivity contribution < 1.29 is 0 Å². The molecule has 0 aliphatic heterocycles. The average molecular weight is 279 g/mol. The van der Waals surface area contributed by atoms with Gasteiger partial charge in [0.15, 0.2) is 0 Å². The molecular formula is C16H12BS2. The summed E-state index contributed by atoms with van der Waals surface area (Å²) in [6, 6.07) is 21.1. The van der Waals surface area contributed by atoms with Crippen molar-refractivity contribution in [2.24, 2.45) is 0 Å². The Morgan fingerprint density at radius 2 is 0.947 bits per heavy atom. The number of rotatable bonds is 0. The van der Waals surface area contributed by atoms with Crippen molar-refractivity contribution in [2.45, 2.75) is 0 Å². The third kappa shape index (κ3) is 3.25. The maximum Gasteiger partial charge on any atom is 0.0342 e. The summed E-state index contributed by atoms with van der Waals surface area (Å²) in [5.74, 6) is 0. The zero-order valence-corrected chi connectivity index (χ0v) is 12.0. The molecule has 0 unspecified atom stereocenters. The number of benzene rings is 2. The van der Waals surface area contributed by atoms with Gasteiger partial charge in [-0.25, -0.2) is 0 Å². The lowest BCUT2D eigenvalue weighted by Crippen LogP contribution is -1.56. The van der Waals surface area contributed by atoms with Gasteiger partial charge in [-0.05, 0) is 45.8 Å². The second kappa shape index (κ2) is 6.55. The van der Waals surface area contributed by atoms with E-state index in [1.54, 1.807) is 22.7 Å². The van der Waals surface area contributed by atoms with Crippen LogP contribution in [0.3, 0.4) is 0 Å². The van der Waals surface area contributed by atoms with Crippen molar-refractivity contribution in [3.63, 3.8) is 0 Å². The molecule has 2 aromatic carbocycles. The predicted octanol–water partition coefficient (Wildman–Crippen LogP) is 5.42. The van der Waals surface area contributed by atoms with Gasteiger partial charge in [0, 0.05) is 17.8 Å². The van der Waals surface area contributed by atoms with E-state index in [-0.39, 0.29) is 8.41 Å². The monoisotopic (exact) mass is 279 g/mol. The zero-order valence-electron chi connectivity index (χ0n) is 10.3. The molecule has 4 aromatic rings. The normalized spacial score (nSPS) is 9.68. The van der Waals surface area contributed by atoms with Gasteiger partial charge in [-0.3, -0.25) is 0 Å². The van der Waals surface area contributed by atoms with Crippen LogP contribution in [-0.2, 0) is 0 Å². The molecule has 19 heavy (non-hydrogen) atoms. The fourth-order valence-corrected chi connectivity index (χ4v) is 3.39. The van der Waals surface area contributed by atoms with Crippen LogP contribution in [0.2, 0.25) is 0 Å². The average Bonchev–Trinajstić information content (AvgIpc) is 3.08. The van der Waals surface area contributed by atoms with Gasteiger partial charge in [-0.1, -0.05) is 36.4 Å². The van der Waals surface area contributed by atoms with E-state index >= 15 is 0 Å². The topological polar surface area (TPSA) is 0 Å². The standard InChI is InChI=1S/2C8H6S.B/c2*1-2-4-8-7(3-1)5-6-9-8;/h2*1-6H;. The van der Waals surface area contributed by atoms with E-state index < -0.39 is 0 Å². The van der Waals surface area contributed by atoms with Crippen molar-refractivity contribution in [2.75, 3.05) is 0 Å². The Bertz CT molecular complexity index is 629. The maximum absolute atomic E-state index is 2.14. The summed E-state index contributed by atoms with van der Waals surface area (Å²) in [7, 11) is 0. The van der Waals surface area contributed by atoms with Gasteiger partial charge in [0.2, 0.25) is 0 Å². The van der Waals surface area contributed by atoms with Crippen LogP contribution in [0.15, 0.2) is 71.4 Å². The van der Waals surface area contributed by atoms with Crippen molar-refractivity contribution in [3.8, 4) is 0 Å². The lowest BCUT2D eigenvalue weighted by atomic mass is 10.3. The van der Waals surface area contributed by atoms with Gasteiger partial charge < -0.3 is 0 Å². The van der Waals surface area contributed by atoms with E-state index in [1.807, 2.05) is 0 Å². The first-order valence-electron chi connectivity index (χ1n) is 5.78. The Hall–Kier alpha value is -1.58. The van der Waals surface area contributed by atoms with Crippen molar-refractivity contribution in [1.82, 2.24) is 0 Å². The van der Waals surface area contributed by atoms with Crippen LogP contribution in [0.25, 0.3) is 20.2 Å². The van der Waals surface area contributed by atoms with Crippen LogP contribution in [-0.4, -0.2) is 8.41 Å². The summed E-state index contributed by atoms with van der Waals surface area (Å²) in [5, 5.41) is 6.93. The minimum atomic E-state index is 0. The third-order valence-corrected chi connectivity index (χ3v) is 4.52. The molecule has 0 fully saturated rings. The van der Waals surface area contributed by atoms with Gasteiger partial charge in [-0.2, -0.15) is 0 Å². The molecule has 3 heteroatoms. The molecule has 0 saturated carbocycles. The molecule has 0 aliphatic carbocycles. The first kappa shape index (κ1) is 13.8. The van der Waals surface area contributed by atoms with Crippen LogP contribution in [0, 0.1) is 0 Å². The lowest BCUT2D eigenvalue weighted by Gasteiger charge is -1.82. The Balaban J connectivity index is 0.000000133. The summed E-state index contributed by atoms with van der Waals surface area (Å²) >= 11 is 3.57. The van der Waals surface area contributed by atoms with Crippen molar-refractivity contribution >= 4 is 51.3 Å². The highest BCUT2D eigenvalue weighted by molar-refractivity contribution is 7.17. The largest absolute Gasteiger partial charge is 0.144 e. The van der Waals surface area contributed by atoms with Gasteiger partial charge >= 0.3 is 0 Å². The molecule has 0 spiro atoms. The van der Waals surface area contributed by atoms with E-state index in [4.69, 9.17) is 0 Å². The summed E-state index contributed by atoms with van der Waals surface area (Å²) in [6.45, 7) is 0. The molecule has 2 heterocycles. The minimum absolute atomic E-state index is 0. The lowest BCUT2D eigenvalue weighted by molar-refractivity contribution is 1.86. The molecule has 0 aliphatic rings. The first-order valence-corrected chi connectivity index (χ1v) is 7.54. The molecule has 4 rings (SSSR count). The van der Waals surface area contributed by atoms with Crippen molar-refractivity contribution in [3.05, 3.63) is 71.4 Å². The number of thiophene rings is 2. The molecular weight excluding hydrogens is 267 g/mol. The fourth-order valence-electron chi connectivity index (χ4n) is 1.81. The van der Waals surface area contributed by atoms with Crippen LogP contribution in [0.1, 0.15) is 0 Å². The molecule has 0 nitrogen and oxygen atoms in total. The highest BCUT2D eigenvalue weighted by Gasteiger charge is 1.88. The van der Waals surface area contributed by atoms with Crippen molar-refractivity contribution in [1.29, 1.82) is 0 Å². The summed E-state index contributed by atoms with van der Waals surface area (Å²) in [4.78, 5) is 0. The van der Waals surface area contributed by atoms with Crippen LogP contribution in [0.4, 0.5) is 0 Å².